The van der Waals surface area contributed by atoms with Crippen molar-refractivity contribution in [3.8, 4) is 0 Å². The maximum Gasteiger partial charge on any atom is 0.460 e. The molecular weight excluding hydrogens is 708 g/mol. The third-order valence-electron chi connectivity index (χ3n) is 5.43. The predicted molar refractivity (Wildman–Crippen MR) is 112 cm³/mol. The molecule has 0 aliphatic heterocycles. The summed E-state index contributed by atoms with van der Waals surface area (Å²) in [7, 11) is 2.29. The lowest BCUT2D eigenvalue weighted by Crippen LogP contribution is -2.61. The predicted octanol–water partition coefficient (Wildman–Crippen LogP) is 6.33. The van der Waals surface area contributed by atoms with Gasteiger partial charge in [-0.2, -0.15) is 79.0 Å². The van der Waals surface area contributed by atoms with Crippen LogP contribution in [0.25, 0.3) is 0 Å². The molecule has 0 amide bonds. The molecule has 0 aromatic carbocycles. The average molecular weight is 727 g/mol. The SMILES string of the molecule is CC(N(C)C)[S+]([O-])/C(=C/C(=O)OCCC(F)(F)C(F)(F)C(F)(F)C(F)(F)F)C(=O)OCCC(F)(F)C(F)(F)C(F)(F)C(F)(F)F. The first-order chi connectivity index (χ1) is 19.6. The van der Waals surface area contributed by atoms with Crippen LogP contribution >= 0.6 is 0 Å². The number of rotatable bonds is 15. The number of ether oxygens (including phenoxy) is 2. The molecule has 45 heavy (non-hydrogen) atoms. The topological polar surface area (TPSA) is 78.9 Å². The first-order valence-electron chi connectivity index (χ1n) is 11.2. The second-order valence-electron chi connectivity index (χ2n) is 8.87. The molecule has 0 heterocycles. The van der Waals surface area contributed by atoms with Crippen LogP contribution in [-0.4, -0.2) is 102 Å². The first-order valence-corrected chi connectivity index (χ1v) is 12.4. The molecule has 0 aliphatic carbocycles. The van der Waals surface area contributed by atoms with Crippen molar-refractivity contribution in [2.45, 2.75) is 73.0 Å². The van der Waals surface area contributed by atoms with Crippen molar-refractivity contribution in [3.05, 3.63) is 11.0 Å². The lowest BCUT2D eigenvalue weighted by Gasteiger charge is -2.33. The molecule has 0 aliphatic rings. The van der Waals surface area contributed by atoms with Gasteiger partial charge in [0.1, 0.15) is 0 Å². The van der Waals surface area contributed by atoms with E-state index in [4.69, 9.17) is 0 Å². The van der Waals surface area contributed by atoms with E-state index in [1.165, 1.54) is 0 Å². The molecule has 0 aromatic rings. The van der Waals surface area contributed by atoms with Gasteiger partial charge in [0.15, 0.2) is 5.37 Å². The maximum atomic E-state index is 13.6. The van der Waals surface area contributed by atoms with Gasteiger partial charge < -0.3 is 14.0 Å². The summed E-state index contributed by atoms with van der Waals surface area (Å²) >= 11 is -2.89. The fourth-order valence-corrected chi connectivity index (χ4v) is 3.66. The highest BCUT2D eigenvalue weighted by molar-refractivity contribution is 7.96. The third-order valence-corrected chi connectivity index (χ3v) is 7.19. The number of nitrogens with zero attached hydrogens (tertiary/aromatic N) is 1. The molecule has 0 bridgehead atoms. The quantitative estimate of drug-likeness (QED) is 0.0850. The zero-order chi connectivity index (χ0) is 36.4. The van der Waals surface area contributed by atoms with Crippen molar-refractivity contribution >= 4 is 23.1 Å². The van der Waals surface area contributed by atoms with Gasteiger partial charge in [0.05, 0.1) is 32.1 Å². The van der Waals surface area contributed by atoms with Gasteiger partial charge in [-0.15, -0.1) is 0 Å². The van der Waals surface area contributed by atoms with Crippen LogP contribution in [0.4, 0.5) is 79.0 Å². The number of hydrogen-bond donors (Lipinski definition) is 0. The third kappa shape index (κ3) is 8.94. The van der Waals surface area contributed by atoms with Crippen LogP contribution in [0.3, 0.4) is 0 Å². The Labute approximate surface area is 242 Å². The van der Waals surface area contributed by atoms with Gasteiger partial charge in [-0.05, 0) is 21.0 Å². The summed E-state index contributed by atoms with van der Waals surface area (Å²) in [6.45, 7) is -3.21. The number of carbonyl (C=O) groups excluding carboxylic acids is 2. The summed E-state index contributed by atoms with van der Waals surface area (Å²) < 4.78 is 253. The number of halogens is 18. The van der Waals surface area contributed by atoms with Gasteiger partial charge in [0.2, 0.25) is 4.91 Å². The molecule has 0 fully saturated rings. The van der Waals surface area contributed by atoms with Gasteiger partial charge in [-0.1, -0.05) is 0 Å². The van der Waals surface area contributed by atoms with E-state index in [-0.39, 0.29) is 6.08 Å². The molecule has 266 valence electrons. The summed E-state index contributed by atoms with van der Waals surface area (Å²) in [4.78, 5) is 23.6. The molecule has 0 rings (SSSR count). The van der Waals surface area contributed by atoms with Gasteiger partial charge in [-0.3, -0.25) is 4.90 Å². The van der Waals surface area contributed by atoms with E-state index in [0.717, 1.165) is 25.9 Å². The minimum atomic E-state index is -7.30. The molecule has 0 aromatic heterocycles. The number of alkyl halides is 18. The van der Waals surface area contributed by atoms with Crippen LogP contribution in [-0.2, 0) is 30.2 Å². The van der Waals surface area contributed by atoms with Gasteiger partial charge >= 0.3 is 59.8 Å². The van der Waals surface area contributed by atoms with E-state index in [1.807, 2.05) is 0 Å². The highest BCUT2D eigenvalue weighted by Crippen LogP contribution is 2.55. The lowest BCUT2D eigenvalue weighted by atomic mass is 10.0. The largest absolute Gasteiger partial charge is 0.610 e. The van der Waals surface area contributed by atoms with Gasteiger partial charge in [0, 0.05) is 11.2 Å². The average Bonchev–Trinajstić information content (AvgIpc) is 2.84. The van der Waals surface area contributed by atoms with Crippen LogP contribution < -0.4 is 0 Å². The standard InChI is InChI=1S/C20H19F18NO5S/c1-9(39(2)3)45(42)10(12(41)44-7-5-14(23,24)16(27,28)18(31,32)20(36,37)38)8-11(40)43-6-4-13(21,22)15(25,26)17(29,30)19(33,34)35/h8-9H,4-7H2,1-3H3/b10-8+. The Kier molecular flexibility index (Phi) is 13.1. The molecule has 0 N–H and O–H groups in total. The molecule has 0 radical (unpaired) electrons. The summed E-state index contributed by atoms with van der Waals surface area (Å²) in [6.07, 6.45) is -20.1. The Balaban J connectivity index is 5.92. The van der Waals surface area contributed by atoms with Gasteiger partial charge in [0.25, 0.3) is 0 Å². The Hall–Kier alpha value is -2.31. The highest BCUT2D eigenvalue weighted by atomic mass is 32.2. The van der Waals surface area contributed by atoms with Crippen molar-refractivity contribution in [2.75, 3.05) is 27.3 Å². The Morgan fingerprint density at radius 2 is 1.00 bits per heavy atom. The summed E-state index contributed by atoms with van der Waals surface area (Å²) in [5.74, 6) is -45.6. The number of esters is 2. The molecule has 0 saturated heterocycles. The summed E-state index contributed by atoms with van der Waals surface area (Å²) in [5.41, 5.74) is 0. The van der Waals surface area contributed by atoms with Crippen molar-refractivity contribution in [1.29, 1.82) is 0 Å². The molecule has 2 atom stereocenters. The van der Waals surface area contributed by atoms with Crippen molar-refractivity contribution in [1.82, 2.24) is 4.90 Å². The van der Waals surface area contributed by atoms with Crippen molar-refractivity contribution < 1.29 is 103 Å². The normalized spacial score (nSPS) is 16.5. The monoisotopic (exact) mass is 727 g/mol. The Morgan fingerprint density at radius 3 is 1.31 bits per heavy atom. The van der Waals surface area contributed by atoms with Crippen LogP contribution in [0.2, 0.25) is 0 Å². The highest BCUT2D eigenvalue weighted by Gasteiger charge is 2.82. The molecule has 25 heteroatoms. The van der Waals surface area contributed by atoms with Crippen LogP contribution in [0, 0.1) is 0 Å². The first kappa shape index (κ1) is 42.7. The Morgan fingerprint density at radius 1 is 0.667 bits per heavy atom. The van der Waals surface area contributed by atoms with E-state index in [0.29, 0.717) is 0 Å². The fourth-order valence-electron chi connectivity index (χ4n) is 2.48. The summed E-state index contributed by atoms with van der Waals surface area (Å²) in [5, 5.41) is -1.40. The van der Waals surface area contributed by atoms with Crippen molar-refractivity contribution in [2.24, 2.45) is 0 Å². The maximum absolute atomic E-state index is 13.6. The van der Waals surface area contributed by atoms with E-state index in [2.05, 4.69) is 9.47 Å². The zero-order valence-electron chi connectivity index (χ0n) is 22.2. The van der Waals surface area contributed by atoms with E-state index in [9.17, 15) is 93.2 Å². The summed E-state index contributed by atoms with van der Waals surface area (Å²) in [6, 6.07) is 0. The van der Waals surface area contributed by atoms with E-state index < -0.39 is 107 Å². The van der Waals surface area contributed by atoms with Crippen LogP contribution in [0.15, 0.2) is 11.0 Å². The van der Waals surface area contributed by atoms with E-state index >= 15 is 0 Å². The lowest BCUT2D eigenvalue weighted by molar-refractivity contribution is -0.397. The van der Waals surface area contributed by atoms with Crippen molar-refractivity contribution in [3.63, 3.8) is 0 Å². The molecule has 6 nitrogen and oxygen atoms in total. The van der Waals surface area contributed by atoms with Crippen LogP contribution in [0.1, 0.15) is 19.8 Å². The molecule has 0 saturated carbocycles. The fraction of sp³-hybridized carbons (Fsp3) is 0.800. The zero-order valence-corrected chi connectivity index (χ0v) is 23.0. The number of carbonyl (C=O) groups is 2. The van der Waals surface area contributed by atoms with Crippen LogP contribution in [0.5, 0.6) is 0 Å². The minimum Gasteiger partial charge on any atom is -0.610 e. The second kappa shape index (κ2) is 13.8. The minimum absolute atomic E-state index is 0.288. The second-order valence-corrected chi connectivity index (χ2v) is 10.6. The Bertz CT molecular complexity index is 1070. The van der Waals surface area contributed by atoms with Gasteiger partial charge in [-0.25, -0.2) is 9.59 Å². The molecule has 2 unspecified atom stereocenters. The number of hydrogen-bond acceptors (Lipinski definition) is 6. The van der Waals surface area contributed by atoms with E-state index in [1.54, 1.807) is 0 Å². The smallest absolute Gasteiger partial charge is 0.460 e. The molecule has 0 spiro atoms. The molecular formula is C20H19F18NO5S.